The molecule has 2 saturated heterocycles. The molecule has 8 heteroatoms. The second-order valence-corrected chi connectivity index (χ2v) is 6.64. The number of amides is 1. The molecule has 0 aliphatic carbocycles. The minimum atomic E-state index is -4.38. The van der Waals surface area contributed by atoms with Crippen molar-refractivity contribution in [3.63, 3.8) is 0 Å². The van der Waals surface area contributed by atoms with Gasteiger partial charge in [0, 0.05) is 31.8 Å². The number of carbonyl (C=O) groups excluding carboxylic acids is 1. The molecule has 0 radical (unpaired) electrons. The van der Waals surface area contributed by atoms with Gasteiger partial charge in [-0.25, -0.2) is 4.98 Å². The molecular weight excluding hydrogens is 335 g/mol. The molecule has 2 aliphatic heterocycles. The minimum absolute atomic E-state index is 0.0420. The minimum Gasteiger partial charge on any atom is -0.376 e. The molecule has 0 bridgehead atoms. The van der Waals surface area contributed by atoms with Crippen LogP contribution in [-0.4, -0.2) is 42.7 Å². The maximum Gasteiger partial charge on any atom is 0.417 e. The van der Waals surface area contributed by atoms with Crippen molar-refractivity contribution in [2.45, 2.75) is 44.5 Å². The van der Waals surface area contributed by atoms with Crippen LogP contribution in [-0.2, 0) is 15.7 Å². The highest BCUT2D eigenvalue weighted by atomic mass is 19.4. The molecule has 3 rings (SSSR count). The van der Waals surface area contributed by atoms with Crippen LogP contribution < -0.4 is 10.2 Å². The predicted molar refractivity (Wildman–Crippen MR) is 86.1 cm³/mol. The molecule has 0 aromatic carbocycles. The van der Waals surface area contributed by atoms with Crippen LogP contribution in [0.15, 0.2) is 18.3 Å². The van der Waals surface area contributed by atoms with Gasteiger partial charge in [-0.3, -0.25) is 4.79 Å². The maximum atomic E-state index is 12.6. The Kier molecular flexibility index (Phi) is 5.17. The Morgan fingerprint density at radius 1 is 1.28 bits per heavy atom. The average Bonchev–Trinajstić information content (AvgIpc) is 2.99. The van der Waals surface area contributed by atoms with Crippen molar-refractivity contribution in [1.29, 1.82) is 0 Å². The number of carbonyl (C=O) groups is 1. The first-order valence-electron chi connectivity index (χ1n) is 8.55. The van der Waals surface area contributed by atoms with Crippen LogP contribution in [0.2, 0.25) is 0 Å². The normalized spacial score (nSPS) is 25.2. The van der Waals surface area contributed by atoms with Gasteiger partial charge < -0.3 is 15.0 Å². The van der Waals surface area contributed by atoms with Crippen molar-refractivity contribution in [1.82, 2.24) is 10.3 Å². The zero-order chi connectivity index (χ0) is 18.0. The molecule has 138 valence electrons. The van der Waals surface area contributed by atoms with Gasteiger partial charge in [0.2, 0.25) is 5.91 Å². The number of ether oxygens (including phenoxy) is 1. The number of rotatable bonds is 3. The number of hydrogen-bond donors (Lipinski definition) is 1. The van der Waals surface area contributed by atoms with Gasteiger partial charge in [0.25, 0.3) is 0 Å². The molecule has 2 unspecified atom stereocenters. The summed E-state index contributed by atoms with van der Waals surface area (Å²) in [5.74, 6) is 0.491. The van der Waals surface area contributed by atoms with Gasteiger partial charge >= 0.3 is 6.18 Å². The van der Waals surface area contributed by atoms with Crippen molar-refractivity contribution in [3.8, 4) is 0 Å². The molecule has 2 atom stereocenters. The topological polar surface area (TPSA) is 54.5 Å². The van der Waals surface area contributed by atoms with Crippen molar-refractivity contribution in [2.24, 2.45) is 5.92 Å². The Morgan fingerprint density at radius 2 is 2.00 bits per heavy atom. The fourth-order valence-corrected chi connectivity index (χ4v) is 3.33. The summed E-state index contributed by atoms with van der Waals surface area (Å²) >= 11 is 0. The van der Waals surface area contributed by atoms with Crippen molar-refractivity contribution in [3.05, 3.63) is 23.9 Å². The molecule has 1 N–H and O–H groups in total. The van der Waals surface area contributed by atoms with Crippen molar-refractivity contribution in [2.75, 3.05) is 24.6 Å². The third kappa shape index (κ3) is 4.23. The largest absolute Gasteiger partial charge is 0.417 e. The van der Waals surface area contributed by atoms with Gasteiger partial charge in [0.15, 0.2) is 0 Å². The quantitative estimate of drug-likeness (QED) is 0.904. The lowest BCUT2D eigenvalue weighted by Gasteiger charge is -2.33. The number of halogens is 3. The van der Waals surface area contributed by atoms with Crippen LogP contribution in [0.25, 0.3) is 0 Å². The molecule has 0 spiro atoms. The van der Waals surface area contributed by atoms with E-state index in [0.29, 0.717) is 38.4 Å². The number of nitrogens with one attached hydrogen (secondary N) is 1. The Labute approximate surface area is 144 Å². The van der Waals surface area contributed by atoms with E-state index in [9.17, 15) is 18.0 Å². The van der Waals surface area contributed by atoms with E-state index in [0.717, 1.165) is 18.7 Å². The lowest BCUT2D eigenvalue weighted by Crippen LogP contribution is -2.46. The van der Waals surface area contributed by atoms with Crippen LogP contribution in [0.4, 0.5) is 19.0 Å². The van der Waals surface area contributed by atoms with E-state index in [4.69, 9.17) is 4.74 Å². The Morgan fingerprint density at radius 3 is 2.52 bits per heavy atom. The molecule has 2 fully saturated rings. The number of piperidine rings is 1. The summed E-state index contributed by atoms with van der Waals surface area (Å²) in [7, 11) is 0. The van der Waals surface area contributed by atoms with Crippen LogP contribution in [0.5, 0.6) is 0 Å². The van der Waals surface area contributed by atoms with Gasteiger partial charge in [0.1, 0.15) is 5.82 Å². The highest BCUT2D eigenvalue weighted by Crippen LogP contribution is 2.30. The fourth-order valence-electron chi connectivity index (χ4n) is 3.33. The molecule has 0 saturated carbocycles. The van der Waals surface area contributed by atoms with Crippen molar-refractivity contribution >= 4 is 11.7 Å². The first-order chi connectivity index (χ1) is 11.8. The molecular formula is C17H22F3N3O2. The Balaban J connectivity index is 1.52. The summed E-state index contributed by atoms with van der Waals surface area (Å²) in [6.45, 7) is 3.83. The number of aromatic nitrogens is 1. The van der Waals surface area contributed by atoms with E-state index in [-0.39, 0.29) is 24.0 Å². The zero-order valence-electron chi connectivity index (χ0n) is 14.1. The number of nitrogens with zero attached hydrogens (tertiary/aromatic N) is 2. The summed E-state index contributed by atoms with van der Waals surface area (Å²) in [6, 6.07) is 2.51. The molecule has 5 nitrogen and oxygen atoms in total. The van der Waals surface area contributed by atoms with E-state index < -0.39 is 11.7 Å². The van der Waals surface area contributed by atoms with Crippen LogP contribution in [0.3, 0.4) is 0 Å². The second-order valence-electron chi connectivity index (χ2n) is 6.64. The van der Waals surface area contributed by atoms with Crippen LogP contribution >= 0.6 is 0 Å². The van der Waals surface area contributed by atoms with E-state index in [1.807, 2.05) is 11.8 Å². The number of anilines is 1. The molecule has 1 aromatic rings. The number of hydrogen-bond acceptors (Lipinski definition) is 4. The molecule has 25 heavy (non-hydrogen) atoms. The third-order valence-electron chi connectivity index (χ3n) is 4.97. The summed E-state index contributed by atoms with van der Waals surface area (Å²) in [5, 5.41) is 3.05. The van der Waals surface area contributed by atoms with Gasteiger partial charge in [-0.2, -0.15) is 13.2 Å². The first kappa shape index (κ1) is 18.0. The smallest absolute Gasteiger partial charge is 0.376 e. The molecule has 1 aromatic heterocycles. The summed E-state index contributed by atoms with van der Waals surface area (Å²) < 4.78 is 43.2. The Hall–Kier alpha value is -1.83. The van der Waals surface area contributed by atoms with Crippen LogP contribution in [0, 0.1) is 5.92 Å². The maximum absolute atomic E-state index is 12.6. The van der Waals surface area contributed by atoms with E-state index in [1.165, 1.54) is 6.07 Å². The van der Waals surface area contributed by atoms with Gasteiger partial charge in [-0.15, -0.1) is 0 Å². The predicted octanol–water partition coefficient (Wildman–Crippen LogP) is 2.61. The summed E-state index contributed by atoms with van der Waals surface area (Å²) in [4.78, 5) is 18.2. The van der Waals surface area contributed by atoms with Crippen molar-refractivity contribution < 1.29 is 22.7 Å². The van der Waals surface area contributed by atoms with Crippen LogP contribution in [0.1, 0.15) is 31.7 Å². The highest BCUT2D eigenvalue weighted by Gasteiger charge is 2.32. The lowest BCUT2D eigenvalue weighted by molar-refractivity contribution is -0.137. The fraction of sp³-hybridized carbons (Fsp3) is 0.647. The monoisotopic (exact) mass is 357 g/mol. The molecule has 3 heterocycles. The molecule has 2 aliphatic rings. The highest BCUT2D eigenvalue weighted by molar-refractivity contribution is 5.79. The first-order valence-corrected chi connectivity index (χ1v) is 8.55. The number of pyridine rings is 1. The Bertz CT molecular complexity index is 598. The lowest BCUT2D eigenvalue weighted by atomic mass is 9.95. The third-order valence-corrected chi connectivity index (χ3v) is 4.97. The van der Waals surface area contributed by atoms with Gasteiger partial charge in [0.05, 0.1) is 17.7 Å². The zero-order valence-corrected chi connectivity index (χ0v) is 14.1. The molecule has 1 amide bonds. The van der Waals surface area contributed by atoms with E-state index in [1.54, 1.807) is 0 Å². The summed E-state index contributed by atoms with van der Waals surface area (Å²) in [5.41, 5.74) is -0.751. The SMILES string of the molecule is CC1OCCC1NC(=O)C1CCN(c2ccc(C(F)(F)F)cn2)CC1. The van der Waals surface area contributed by atoms with E-state index in [2.05, 4.69) is 10.3 Å². The van der Waals surface area contributed by atoms with E-state index >= 15 is 0 Å². The number of alkyl halides is 3. The summed E-state index contributed by atoms with van der Waals surface area (Å²) in [6.07, 6.45) is -1.32. The van der Waals surface area contributed by atoms with Gasteiger partial charge in [-0.05, 0) is 38.3 Å². The van der Waals surface area contributed by atoms with Gasteiger partial charge in [-0.1, -0.05) is 0 Å². The average molecular weight is 357 g/mol. The second kappa shape index (κ2) is 7.19. The standard InChI is InChI=1S/C17H22F3N3O2/c1-11-14(6-9-25-11)22-16(24)12-4-7-23(8-5-12)15-3-2-13(10-21-15)17(18,19)20/h2-3,10-12,14H,4-9H2,1H3,(H,22,24).